The number of hydrogen-bond acceptors (Lipinski definition) is 7. The van der Waals surface area contributed by atoms with E-state index >= 15 is 0 Å². The van der Waals surface area contributed by atoms with Crippen LogP contribution in [0.2, 0.25) is 0 Å². The number of hydrogen-bond donors (Lipinski definition) is 5. The summed E-state index contributed by atoms with van der Waals surface area (Å²) < 4.78 is 5.89. The maximum Gasteiger partial charge on any atom is 0.157 e. The number of aliphatic hydroxyl groups excluding tert-OH is 1. The molecular weight excluding hydrogens is 392 g/mol. The average molecular weight is 412 g/mol. The fraction of sp³-hybridized carbons (Fsp3) is 0.182. The van der Waals surface area contributed by atoms with Crippen LogP contribution in [0.25, 0.3) is 0 Å². The Morgan fingerprint density at radius 3 is 2.31 bits per heavy atom. The largest absolute Gasteiger partial charge is 0.508 e. The van der Waals surface area contributed by atoms with E-state index in [0.29, 0.717) is 16.9 Å². The normalized spacial score (nSPS) is 20.7. The fourth-order valence-corrected chi connectivity index (χ4v) is 4.75. The van der Waals surface area contributed by atoms with E-state index in [0.717, 1.165) is 5.56 Å². The molecule has 3 aromatic carbocycles. The Hall–Kier alpha value is -3.03. The standard InChI is InChI=1S/C22H20O6S/c23-14-9-17(26)19-18(10-14)28-21(13-6-7-15(24)16(25)8-13)20(27)22(19)29-11-12-4-2-1-3-5-12/h1-10,20-27H,11H2/t20-,21+,22?/m0/s1. The van der Waals surface area contributed by atoms with Gasteiger partial charge >= 0.3 is 0 Å². The van der Waals surface area contributed by atoms with Gasteiger partial charge in [0.25, 0.3) is 0 Å². The second-order valence-corrected chi connectivity index (χ2v) is 8.00. The molecule has 0 amide bonds. The van der Waals surface area contributed by atoms with Crippen molar-refractivity contribution in [3.63, 3.8) is 0 Å². The zero-order chi connectivity index (χ0) is 20.5. The third-order valence-electron chi connectivity index (χ3n) is 4.86. The number of aliphatic hydroxyl groups is 1. The first-order chi connectivity index (χ1) is 13.9. The molecule has 7 heteroatoms. The maximum atomic E-state index is 11.1. The molecule has 1 unspecified atom stereocenters. The third-order valence-corrected chi connectivity index (χ3v) is 6.24. The van der Waals surface area contributed by atoms with Crippen molar-refractivity contribution < 1.29 is 30.3 Å². The second kappa shape index (κ2) is 7.77. The van der Waals surface area contributed by atoms with Gasteiger partial charge in [0.2, 0.25) is 0 Å². The van der Waals surface area contributed by atoms with Crippen molar-refractivity contribution in [1.29, 1.82) is 0 Å². The van der Waals surface area contributed by atoms with Gasteiger partial charge in [0.1, 0.15) is 23.4 Å². The molecule has 0 fully saturated rings. The highest BCUT2D eigenvalue weighted by atomic mass is 32.2. The first kappa shape index (κ1) is 19.3. The zero-order valence-electron chi connectivity index (χ0n) is 15.3. The van der Waals surface area contributed by atoms with Crippen LogP contribution in [0, 0.1) is 0 Å². The minimum atomic E-state index is -1.05. The molecule has 0 spiro atoms. The molecule has 29 heavy (non-hydrogen) atoms. The molecule has 0 saturated carbocycles. The number of benzene rings is 3. The Morgan fingerprint density at radius 1 is 0.828 bits per heavy atom. The summed E-state index contributed by atoms with van der Waals surface area (Å²) in [6.45, 7) is 0. The van der Waals surface area contributed by atoms with Crippen LogP contribution in [-0.2, 0) is 5.75 Å². The van der Waals surface area contributed by atoms with Crippen molar-refractivity contribution in [3.8, 4) is 28.7 Å². The van der Waals surface area contributed by atoms with Gasteiger partial charge in [-0.2, -0.15) is 0 Å². The number of fused-ring (bicyclic) bond motifs is 1. The lowest BCUT2D eigenvalue weighted by atomic mass is 9.93. The van der Waals surface area contributed by atoms with Gasteiger partial charge in [0, 0.05) is 17.9 Å². The van der Waals surface area contributed by atoms with Crippen LogP contribution in [0.15, 0.2) is 60.7 Å². The number of rotatable bonds is 4. The van der Waals surface area contributed by atoms with Crippen LogP contribution in [0.3, 0.4) is 0 Å². The topological polar surface area (TPSA) is 110 Å². The number of aromatic hydroxyl groups is 4. The van der Waals surface area contributed by atoms with Crippen molar-refractivity contribution in [2.24, 2.45) is 0 Å². The molecule has 5 N–H and O–H groups in total. The molecule has 150 valence electrons. The van der Waals surface area contributed by atoms with Crippen LogP contribution in [0.1, 0.15) is 28.0 Å². The number of phenols is 4. The summed E-state index contributed by atoms with van der Waals surface area (Å²) in [6.07, 6.45) is -1.90. The molecule has 0 aromatic heterocycles. The summed E-state index contributed by atoms with van der Waals surface area (Å²) in [4.78, 5) is 0. The van der Waals surface area contributed by atoms with Crippen LogP contribution in [0.5, 0.6) is 28.7 Å². The van der Waals surface area contributed by atoms with Crippen molar-refractivity contribution in [3.05, 3.63) is 77.4 Å². The van der Waals surface area contributed by atoms with Gasteiger partial charge in [-0.15, -0.1) is 11.8 Å². The van der Waals surface area contributed by atoms with Crippen molar-refractivity contribution in [1.82, 2.24) is 0 Å². The number of ether oxygens (including phenoxy) is 1. The van der Waals surface area contributed by atoms with E-state index in [-0.39, 0.29) is 28.7 Å². The minimum Gasteiger partial charge on any atom is -0.508 e. The molecule has 0 bridgehead atoms. The van der Waals surface area contributed by atoms with E-state index in [1.807, 2.05) is 30.3 Å². The van der Waals surface area contributed by atoms with Crippen molar-refractivity contribution in [2.75, 3.05) is 0 Å². The van der Waals surface area contributed by atoms with E-state index < -0.39 is 17.5 Å². The quantitative estimate of drug-likeness (QED) is 0.412. The van der Waals surface area contributed by atoms with E-state index in [4.69, 9.17) is 4.74 Å². The van der Waals surface area contributed by atoms with Crippen LogP contribution < -0.4 is 4.74 Å². The summed E-state index contributed by atoms with van der Waals surface area (Å²) in [6, 6.07) is 16.6. The monoisotopic (exact) mass is 412 g/mol. The molecule has 0 aliphatic carbocycles. The third kappa shape index (κ3) is 3.79. The van der Waals surface area contributed by atoms with Gasteiger partial charge in [0.05, 0.1) is 10.8 Å². The number of thioether (sulfide) groups is 1. The lowest BCUT2D eigenvalue weighted by molar-refractivity contribution is 0.0174. The van der Waals surface area contributed by atoms with Gasteiger partial charge in [-0.25, -0.2) is 0 Å². The molecule has 1 aliphatic heterocycles. The highest BCUT2D eigenvalue weighted by Gasteiger charge is 2.40. The van der Waals surface area contributed by atoms with Gasteiger partial charge in [-0.05, 0) is 23.3 Å². The Kier molecular flexibility index (Phi) is 5.17. The molecule has 0 saturated heterocycles. The van der Waals surface area contributed by atoms with Crippen molar-refractivity contribution in [2.45, 2.75) is 23.2 Å². The summed E-state index contributed by atoms with van der Waals surface area (Å²) in [5, 5.41) is 50.3. The van der Waals surface area contributed by atoms with E-state index in [2.05, 4.69) is 0 Å². The van der Waals surface area contributed by atoms with Gasteiger partial charge < -0.3 is 30.3 Å². The first-order valence-corrected chi connectivity index (χ1v) is 10.1. The molecule has 1 heterocycles. The maximum absolute atomic E-state index is 11.1. The highest BCUT2D eigenvalue weighted by Crippen LogP contribution is 2.53. The van der Waals surface area contributed by atoms with Gasteiger partial charge in [-0.1, -0.05) is 36.4 Å². The predicted molar refractivity (Wildman–Crippen MR) is 109 cm³/mol. The average Bonchev–Trinajstić information content (AvgIpc) is 2.70. The lowest BCUT2D eigenvalue weighted by Crippen LogP contribution is -2.33. The molecule has 6 nitrogen and oxygen atoms in total. The Labute approximate surface area is 171 Å². The van der Waals surface area contributed by atoms with Gasteiger partial charge in [0.15, 0.2) is 17.6 Å². The summed E-state index contributed by atoms with van der Waals surface area (Å²) in [5.74, 6) is -0.0547. The Morgan fingerprint density at radius 2 is 1.59 bits per heavy atom. The molecule has 1 aliphatic rings. The van der Waals surface area contributed by atoms with Crippen molar-refractivity contribution >= 4 is 11.8 Å². The molecule has 0 radical (unpaired) electrons. The van der Waals surface area contributed by atoms with E-state index in [1.165, 1.54) is 36.0 Å². The minimum absolute atomic E-state index is 0.156. The molecule has 4 rings (SSSR count). The lowest BCUT2D eigenvalue weighted by Gasteiger charge is -2.37. The Balaban J connectivity index is 1.72. The van der Waals surface area contributed by atoms with E-state index in [9.17, 15) is 25.5 Å². The summed E-state index contributed by atoms with van der Waals surface area (Å²) >= 11 is 1.44. The van der Waals surface area contributed by atoms with Crippen LogP contribution in [0.4, 0.5) is 0 Å². The fourth-order valence-electron chi connectivity index (χ4n) is 3.44. The highest BCUT2D eigenvalue weighted by molar-refractivity contribution is 7.98. The van der Waals surface area contributed by atoms with Crippen LogP contribution in [-0.4, -0.2) is 31.6 Å². The first-order valence-electron chi connectivity index (χ1n) is 9.02. The summed E-state index contributed by atoms with van der Waals surface area (Å²) in [7, 11) is 0. The second-order valence-electron chi connectivity index (χ2n) is 6.87. The van der Waals surface area contributed by atoms with E-state index in [1.54, 1.807) is 6.07 Å². The smallest absolute Gasteiger partial charge is 0.157 e. The van der Waals surface area contributed by atoms with Crippen LogP contribution >= 0.6 is 11.8 Å². The molecule has 3 aromatic rings. The predicted octanol–water partition coefficient (Wildman–Crippen LogP) is 3.98. The number of phenolic OH excluding ortho intramolecular Hbond substituents is 4. The molecule has 3 atom stereocenters. The molecular formula is C22H20O6S. The zero-order valence-corrected chi connectivity index (χ0v) is 16.1. The summed E-state index contributed by atoms with van der Waals surface area (Å²) in [5.41, 5.74) is 1.94. The van der Waals surface area contributed by atoms with Gasteiger partial charge in [-0.3, -0.25) is 0 Å². The SMILES string of the molecule is Oc1cc(O)c2c(c1)O[C@H](c1ccc(O)c(O)c1)[C@H](O)C2SCc1ccccc1. The Bertz CT molecular complexity index is 1020.